The number of nitriles is 1. The molecule has 0 saturated carbocycles. The number of imidazole rings is 1. The fraction of sp³-hybridized carbons (Fsp3) is 0.136. The minimum absolute atomic E-state index is 0.681. The maximum absolute atomic E-state index is 9.33. The van der Waals surface area contributed by atoms with Gasteiger partial charge < -0.3 is 4.90 Å². The second-order valence-corrected chi connectivity index (χ2v) is 6.32. The molecule has 2 aromatic heterocycles. The topological polar surface area (TPSA) is 57.2 Å². The van der Waals surface area contributed by atoms with Crippen molar-refractivity contribution >= 4 is 17.3 Å². The minimum Gasteiger partial charge on any atom is -0.330 e. The monoisotopic (exact) mass is 353 g/mol. The number of benzene rings is 2. The summed E-state index contributed by atoms with van der Waals surface area (Å²) in [6, 6.07) is 20.2. The van der Waals surface area contributed by atoms with E-state index in [4.69, 9.17) is 0 Å². The Morgan fingerprint density at radius 2 is 1.89 bits per heavy atom. The van der Waals surface area contributed by atoms with E-state index in [-0.39, 0.29) is 0 Å². The molecule has 0 aliphatic heterocycles. The van der Waals surface area contributed by atoms with Crippen LogP contribution in [0.4, 0.5) is 11.5 Å². The lowest BCUT2D eigenvalue weighted by atomic mass is 10.0. The van der Waals surface area contributed by atoms with Gasteiger partial charge in [0.05, 0.1) is 11.6 Å². The molecule has 2 aromatic carbocycles. The van der Waals surface area contributed by atoms with Crippen molar-refractivity contribution in [3.8, 4) is 17.2 Å². The van der Waals surface area contributed by atoms with E-state index >= 15 is 0 Å². The van der Waals surface area contributed by atoms with Crippen LogP contribution in [0.25, 0.3) is 16.9 Å². The van der Waals surface area contributed by atoms with Crippen molar-refractivity contribution < 1.29 is 0 Å². The SMILES string of the molecule is CCc1cc(N(C)c2ccc(-c3ccccc3C#N)cc2)n2ccnc2n1. The van der Waals surface area contributed by atoms with E-state index in [1.807, 2.05) is 41.9 Å². The zero-order valence-electron chi connectivity index (χ0n) is 15.3. The molecule has 0 bridgehead atoms. The molecule has 0 amide bonds. The number of aryl methyl sites for hydroxylation is 1. The van der Waals surface area contributed by atoms with E-state index in [1.54, 1.807) is 6.20 Å². The highest BCUT2D eigenvalue weighted by atomic mass is 15.2. The second kappa shape index (κ2) is 6.93. The lowest BCUT2D eigenvalue weighted by Gasteiger charge is -2.21. The van der Waals surface area contributed by atoms with E-state index in [0.717, 1.165) is 34.7 Å². The normalized spacial score (nSPS) is 10.7. The largest absolute Gasteiger partial charge is 0.330 e. The first kappa shape index (κ1) is 16.8. The van der Waals surface area contributed by atoms with Crippen LogP contribution >= 0.6 is 0 Å². The third-order valence-electron chi connectivity index (χ3n) is 4.73. The van der Waals surface area contributed by atoms with Crippen molar-refractivity contribution in [2.24, 2.45) is 0 Å². The number of hydrogen-bond donors (Lipinski definition) is 0. The molecule has 0 aliphatic rings. The van der Waals surface area contributed by atoms with Crippen LogP contribution in [-0.2, 0) is 6.42 Å². The summed E-state index contributed by atoms with van der Waals surface area (Å²) in [6.07, 6.45) is 4.54. The van der Waals surface area contributed by atoms with Gasteiger partial charge in [-0.25, -0.2) is 9.97 Å². The van der Waals surface area contributed by atoms with Crippen molar-refractivity contribution in [1.29, 1.82) is 5.26 Å². The Bertz CT molecular complexity index is 1140. The summed E-state index contributed by atoms with van der Waals surface area (Å²) in [5.74, 6) is 1.72. The first-order valence-electron chi connectivity index (χ1n) is 8.87. The maximum atomic E-state index is 9.33. The van der Waals surface area contributed by atoms with Gasteiger partial charge in [0.15, 0.2) is 0 Å². The van der Waals surface area contributed by atoms with E-state index in [9.17, 15) is 5.26 Å². The lowest BCUT2D eigenvalue weighted by molar-refractivity contribution is 0.969. The van der Waals surface area contributed by atoms with Crippen LogP contribution in [0.2, 0.25) is 0 Å². The Hall–Kier alpha value is -3.65. The van der Waals surface area contributed by atoms with Crippen LogP contribution in [0.15, 0.2) is 67.0 Å². The highest BCUT2D eigenvalue weighted by Crippen LogP contribution is 2.29. The molecule has 5 nitrogen and oxygen atoms in total. The molecule has 0 unspecified atom stereocenters. The minimum atomic E-state index is 0.681. The molecular formula is C22H19N5. The summed E-state index contributed by atoms with van der Waals surface area (Å²) in [4.78, 5) is 11.0. The lowest BCUT2D eigenvalue weighted by Crippen LogP contribution is -2.14. The van der Waals surface area contributed by atoms with Crippen LogP contribution in [0, 0.1) is 11.3 Å². The first-order chi connectivity index (χ1) is 13.2. The highest BCUT2D eigenvalue weighted by Gasteiger charge is 2.12. The highest BCUT2D eigenvalue weighted by molar-refractivity contribution is 5.73. The number of fused-ring (bicyclic) bond motifs is 1. The Labute approximate surface area is 158 Å². The molecule has 4 aromatic rings. The van der Waals surface area contributed by atoms with Crippen molar-refractivity contribution in [3.63, 3.8) is 0 Å². The number of anilines is 2. The molecule has 132 valence electrons. The zero-order valence-corrected chi connectivity index (χ0v) is 15.3. The number of nitrogens with zero attached hydrogens (tertiary/aromatic N) is 5. The Balaban J connectivity index is 1.73. The quantitative estimate of drug-likeness (QED) is 0.538. The summed E-state index contributed by atoms with van der Waals surface area (Å²) in [6.45, 7) is 2.09. The summed E-state index contributed by atoms with van der Waals surface area (Å²) in [7, 11) is 2.03. The van der Waals surface area contributed by atoms with Gasteiger partial charge in [-0.2, -0.15) is 5.26 Å². The van der Waals surface area contributed by atoms with Gasteiger partial charge in [0.25, 0.3) is 0 Å². The van der Waals surface area contributed by atoms with Gasteiger partial charge in [-0.1, -0.05) is 37.3 Å². The molecule has 4 rings (SSSR count). The molecule has 0 fully saturated rings. The van der Waals surface area contributed by atoms with Gasteiger partial charge in [-0.05, 0) is 35.7 Å². The van der Waals surface area contributed by atoms with E-state index in [2.05, 4.69) is 58.2 Å². The van der Waals surface area contributed by atoms with Crippen molar-refractivity contribution in [2.45, 2.75) is 13.3 Å². The van der Waals surface area contributed by atoms with Gasteiger partial charge in [-0.15, -0.1) is 0 Å². The van der Waals surface area contributed by atoms with Gasteiger partial charge in [0.2, 0.25) is 5.78 Å². The molecule has 5 heteroatoms. The second-order valence-electron chi connectivity index (χ2n) is 6.32. The van der Waals surface area contributed by atoms with Gasteiger partial charge in [-0.3, -0.25) is 4.40 Å². The van der Waals surface area contributed by atoms with E-state index in [1.165, 1.54) is 0 Å². The fourth-order valence-corrected chi connectivity index (χ4v) is 3.21. The van der Waals surface area contributed by atoms with Crippen LogP contribution in [0.1, 0.15) is 18.2 Å². The summed E-state index contributed by atoms with van der Waals surface area (Å²) >= 11 is 0. The molecule has 0 aliphatic carbocycles. The maximum Gasteiger partial charge on any atom is 0.235 e. The van der Waals surface area contributed by atoms with Crippen LogP contribution in [0.5, 0.6) is 0 Å². The average Bonchev–Trinajstić information content (AvgIpc) is 3.21. The zero-order chi connectivity index (χ0) is 18.8. The van der Waals surface area contributed by atoms with E-state index < -0.39 is 0 Å². The van der Waals surface area contributed by atoms with Gasteiger partial charge in [0, 0.05) is 36.9 Å². The smallest absolute Gasteiger partial charge is 0.235 e. The third kappa shape index (κ3) is 3.02. The Morgan fingerprint density at radius 3 is 2.63 bits per heavy atom. The molecule has 2 heterocycles. The predicted molar refractivity (Wildman–Crippen MR) is 107 cm³/mol. The molecule has 0 atom stereocenters. The molecule has 27 heavy (non-hydrogen) atoms. The van der Waals surface area contributed by atoms with Crippen LogP contribution < -0.4 is 4.90 Å². The fourth-order valence-electron chi connectivity index (χ4n) is 3.21. The summed E-state index contributed by atoms with van der Waals surface area (Å²) in [5, 5.41) is 9.33. The Morgan fingerprint density at radius 1 is 1.11 bits per heavy atom. The van der Waals surface area contributed by atoms with E-state index in [0.29, 0.717) is 11.3 Å². The summed E-state index contributed by atoms with van der Waals surface area (Å²) < 4.78 is 1.98. The molecule has 0 N–H and O–H groups in total. The van der Waals surface area contributed by atoms with Crippen molar-refractivity contribution in [1.82, 2.24) is 14.4 Å². The summed E-state index contributed by atoms with van der Waals surface area (Å²) in [5.41, 5.74) is 4.72. The van der Waals surface area contributed by atoms with Crippen LogP contribution in [-0.4, -0.2) is 21.4 Å². The molecule has 0 radical (unpaired) electrons. The molecular weight excluding hydrogens is 334 g/mol. The predicted octanol–water partition coefficient (Wildman–Crippen LogP) is 4.60. The Kier molecular flexibility index (Phi) is 4.31. The van der Waals surface area contributed by atoms with Crippen molar-refractivity contribution in [3.05, 3.63) is 78.2 Å². The number of aromatic nitrogens is 3. The van der Waals surface area contributed by atoms with Crippen molar-refractivity contribution in [2.75, 3.05) is 11.9 Å². The molecule has 0 saturated heterocycles. The standard InChI is InChI=1S/C22H19N5/c1-3-18-14-21(27-13-12-24-22(27)25-18)26(2)19-10-8-16(9-11-19)20-7-5-4-6-17(20)15-23/h4-14H,3H2,1-2H3. The number of hydrogen-bond acceptors (Lipinski definition) is 4. The average molecular weight is 353 g/mol. The first-order valence-corrected chi connectivity index (χ1v) is 8.87. The van der Waals surface area contributed by atoms with Crippen LogP contribution in [0.3, 0.4) is 0 Å². The molecule has 0 spiro atoms. The van der Waals surface area contributed by atoms with Gasteiger partial charge >= 0.3 is 0 Å². The van der Waals surface area contributed by atoms with Gasteiger partial charge in [0.1, 0.15) is 5.82 Å². The third-order valence-corrected chi connectivity index (χ3v) is 4.73. The number of rotatable bonds is 4.